The van der Waals surface area contributed by atoms with Crippen LogP contribution in [0.5, 0.6) is 0 Å². The van der Waals surface area contributed by atoms with Crippen molar-refractivity contribution in [3.05, 3.63) is 29.8 Å². The lowest BCUT2D eigenvalue weighted by Gasteiger charge is -2.08. The molecule has 0 aliphatic heterocycles. The minimum atomic E-state index is -0.0905. The predicted molar refractivity (Wildman–Crippen MR) is 88.3 cm³/mol. The summed E-state index contributed by atoms with van der Waals surface area (Å²) in [7, 11) is 0. The van der Waals surface area contributed by atoms with E-state index in [2.05, 4.69) is 10.6 Å². The van der Waals surface area contributed by atoms with Crippen molar-refractivity contribution in [3.63, 3.8) is 0 Å². The van der Waals surface area contributed by atoms with Gasteiger partial charge in [-0.05, 0) is 62.3 Å². The van der Waals surface area contributed by atoms with Gasteiger partial charge >= 0.3 is 0 Å². The van der Waals surface area contributed by atoms with Gasteiger partial charge in [-0.2, -0.15) is 0 Å². The highest BCUT2D eigenvalue weighted by molar-refractivity contribution is 5.96. The number of ether oxygens (including phenoxy) is 1. The lowest BCUT2D eigenvalue weighted by molar-refractivity contribution is -0.117. The third-order valence-corrected chi connectivity index (χ3v) is 4.16. The molecule has 124 valence electrons. The molecule has 0 atom stereocenters. The zero-order valence-corrected chi connectivity index (χ0v) is 13.3. The Balaban J connectivity index is 1.34. The molecule has 2 fully saturated rings. The Morgan fingerprint density at radius 3 is 2.48 bits per heavy atom. The molecule has 1 aromatic carbocycles. The Morgan fingerprint density at radius 2 is 1.83 bits per heavy atom. The molecule has 0 radical (unpaired) electrons. The number of rotatable bonds is 9. The molecular weight excluding hydrogens is 292 g/mol. The van der Waals surface area contributed by atoms with E-state index >= 15 is 0 Å². The molecule has 0 saturated heterocycles. The molecule has 2 aliphatic carbocycles. The van der Waals surface area contributed by atoms with Crippen LogP contribution in [-0.4, -0.2) is 31.6 Å². The van der Waals surface area contributed by atoms with Crippen LogP contribution in [0.25, 0.3) is 0 Å². The molecule has 0 spiro atoms. The standard InChI is InChI=1S/C18H24N2O3/c21-17(19-10-1-11-23-12-13-2-3-13)14-6-8-16(9-7-14)20-18(22)15-4-5-15/h6-9,13,15H,1-5,10-12H2,(H,19,21)(H,20,22). The molecule has 0 unspecified atom stereocenters. The Kier molecular flexibility index (Phi) is 5.28. The molecule has 5 nitrogen and oxygen atoms in total. The highest BCUT2D eigenvalue weighted by Gasteiger charge is 2.29. The topological polar surface area (TPSA) is 67.4 Å². The Labute approximate surface area is 136 Å². The van der Waals surface area contributed by atoms with Crippen LogP contribution in [0, 0.1) is 11.8 Å². The Hall–Kier alpha value is -1.88. The number of carbonyl (C=O) groups excluding carboxylic acids is 2. The molecule has 5 heteroatoms. The summed E-state index contributed by atoms with van der Waals surface area (Å²) < 4.78 is 5.53. The first-order valence-electron chi connectivity index (χ1n) is 8.49. The summed E-state index contributed by atoms with van der Waals surface area (Å²) in [5.41, 5.74) is 1.35. The number of carbonyl (C=O) groups is 2. The fraction of sp³-hybridized carbons (Fsp3) is 0.556. The molecule has 2 saturated carbocycles. The number of nitrogens with one attached hydrogen (secondary N) is 2. The van der Waals surface area contributed by atoms with Gasteiger partial charge in [-0.1, -0.05) is 0 Å². The van der Waals surface area contributed by atoms with Gasteiger partial charge in [0, 0.05) is 36.9 Å². The molecule has 2 aliphatic rings. The normalized spacial score (nSPS) is 16.9. The lowest BCUT2D eigenvalue weighted by Crippen LogP contribution is -2.25. The summed E-state index contributed by atoms with van der Waals surface area (Å²) in [5, 5.41) is 5.75. The molecule has 2 N–H and O–H groups in total. The monoisotopic (exact) mass is 316 g/mol. The predicted octanol–water partition coefficient (Wildman–Crippen LogP) is 2.58. The fourth-order valence-corrected chi connectivity index (χ4v) is 2.31. The van der Waals surface area contributed by atoms with E-state index in [-0.39, 0.29) is 17.7 Å². The molecule has 3 rings (SSSR count). The van der Waals surface area contributed by atoms with Crippen molar-refractivity contribution in [1.82, 2.24) is 5.32 Å². The lowest BCUT2D eigenvalue weighted by atomic mass is 10.2. The van der Waals surface area contributed by atoms with Crippen LogP contribution in [0.4, 0.5) is 5.69 Å². The van der Waals surface area contributed by atoms with E-state index in [1.54, 1.807) is 24.3 Å². The van der Waals surface area contributed by atoms with Crippen LogP contribution >= 0.6 is 0 Å². The van der Waals surface area contributed by atoms with Crippen molar-refractivity contribution in [2.24, 2.45) is 11.8 Å². The van der Waals surface area contributed by atoms with E-state index < -0.39 is 0 Å². The molecule has 1 aromatic rings. The van der Waals surface area contributed by atoms with Gasteiger partial charge < -0.3 is 15.4 Å². The summed E-state index contributed by atoms with van der Waals surface area (Å²) >= 11 is 0. The maximum atomic E-state index is 12.0. The second kappa shape index (κ2) is 7.59. The van der Waals surface area contributed by atoms with Crippen LogP contribution in [0.15, 0.2) is 24.3 Å². The second-order valence-corrected chi connectivity index (χ2v) is 6.47. The summed E-state index contributed by atoms with van der Waals surface area (Å²) in [4.78, 5) is 23.7. The van der Waals surface area contributed by atoms with Crippen LogP contribution in [-0.2, 0) is 9.53 Å². The quantitative estimate of drug-likeness (QED) is 0.688. The van der Waals surface area contributed by atoms with Crippen molar-refractivity contribution >= 4 is 17.5 Å². The Morgan fingerprint density at radius 1 is 1.09 bits per heavy atom. The van der Waals surface area contributed by atoms with Gasteiger partial charge in [-0.25, -0.2) is 0 Å². The summed E-state index contributed by atoms with van der Waals surface area (Å²) in [6.07, 6.45) is 5.39. The average molecular weight is 316 g/mol. The number of hydrogen-bond donors (Lipinski definition) is 2. The van der Waals surface area contributed by atoms with Crippen LogP contribution < -0.4 is 10.6 Å². The first kappa shape index (κ1) is 16.0. The van der Waals surface area contributed by atoms with Crippen molar-refractivity contribution in [1.29, 1.82) is 0 Å². The summed E-state index contributed by atoms with van der Waals surface area (Å²) in [5.74, 6) is 0.948. The maximum Gasteiger partial charge on any atom is 0.251 e. The van der Waals surface area contributed by atoms with E-state index in [9.17, 15) is 9.59 Å². The third kappa shape index (κ3) is 5.36. The largest absolute Gasteiger partial charge is 0.381 e. The average Bonchev–Trinajstić information content (AvgIpc) is 3.44. The number of anilines is 1. The SMILES string of the molecule is O=C(NCCCOCC1CC1)c1ccc(NC(=O)C2CC2)cc1. The van der Waals surface area contributed by atoms with Gasteiger partial charge in [0.15, 0.2) is 0 Å². The van der Waals surface area contributed by atoms with Crippen molar-refractivity contribution in [2.75, 3.05) is 25.1 Å². The van der Waals surface area contributed by atoms with E-state index in [0.29, 0.717) is 18.7 Å². The van der Waals surface area contributed by atoms with Crippen molar-refractivity contribution in [2.45, 2.75) is 32.1 Å². The molecular formula is C18H24N2O3. The van der Waals surface area contributed by atoms with Crippen LogP contribution in [0.3, 0.4) is 0 Å². The smallest absolute Gasteiger partial charge is 0.251 e. The highest BCUT2D eigenvalue weighted by atomic mass is 16.5. The minimum Gasteiger partial charge on any atom is -0.381 e. The second-order valence-electron chi connectivity index (χ2n) is 6.47. The first-order valence-corrected chi connectivity index (χ1v) is 8.49. The van der Waals surface area contributed by atoms with Gasteiger partial charge in [-0.15, -0.1) is 0 Å². The maximum absolute atomic E-state index is 12.0. The Bertz CT molecular complexity index is 548. The van der Waals surface area contributed by atoms with E-state index in [1.165, 1.54) is 12.8 Å². The van der Waals surface area contributed by atoms with Crippen molar-refractivity contribution < 1.29 is 14.3 Å². The zero-order valence-electron chi connectivity index (χ0n) is 13.3. The molecule has 0 heterocycles. The molecule has 23 heavy (non-hydrogen) atoms. The number of benzene rings is 1. The van der Waals surface area contributed by atoms with E-state index in [4.69, 9.17) is 4.74 Å². The van der Waals surface area contributed by atoms with E-state index in [1.807, 2.05) is 0 Å². The van der Waals surface area contributed by atoms with E-state index in [0.717, 1.165) is 37.5 Å². The van der Waals surface area contributed by atoms with Gasteiger partial charge in [0.25, 0.3) is 5.91 Å². The molecule has 2 amide bonds. The summed E-state index contributed by atoms with van der Waals surface area (Å²) in [6.45, 7) is 2.18. The molecule has 0 aromatic heterocycles. The van der Waals surface area contributed by atoms with Gasteiger partial charge in [0.05, 0.1) is 0 Å². The minimum absolute atomic E-state index is 0.0772. The van der Waals surface area contributed by atoms with Gasteiger partial charge in [-0.3, -0.25) is 9.59 Å². The van der Waals surface area contributed by atoms with Crippen LogP contribution in [0.1, 0.15) is 42.5 Å². The van der Waals surface area contributed by atoms with Crippen molar-refractivity contribution in [3.8, 4) is 0 Å². The highest BCUT2D eigenvalue weighted by Crippen LogP contribution is 2.30. The number of hydrogen-bond acceptors (Lipinski definition) is 3. The summed E-state index contributed by atoms with van der Waals surface area (Å²) in [6, 6.07) is 7.02. The zero-order chi connectivity index (χ0) is 16.1. The fourth-order valence-electron chi connectivity index (χ4n) is 2.31. The number of amides is 2. The van der Waals surface area contributed by atoms with Crippen LogP contribution in [0.2, 0.25) is 0 Å². The van der Waals surface area contributed by atoms with Gasteiger partial charge in [0.2, 0.25) is 5.91 Å². The molecule has 0 bridgehead atoms. The van der Waals surface area contributed by atoms with Gasteiger partial charge in [0.1, 0.15) is 0 Å². The third-order valence-electron chi connectivity index (χ3n) is 4.16. The first-order chi connectivity index (χ1) is 11.2.